The topological polar surface area (TPSA) is 59.5 Å². The number of thiazole rings is 1. The number of benzene rings is 1. The van der Waals surface area contributed by atoms with Crippen molar-refractivity contribution in [2.24, 2.45) is 0 Å². The monoisotopic (exact) mass is 396 g/mol. The van der Waals surface area contributed by atoms with Crippen LogP contribution in [0.2, 0.25) is 0 Å². The van der Waals surface area contributed by atoms with E-state index in [0.717, 1.165) is 4.47 Å². The van der Waals surface area contributed by atoms with E-state index in [2.05, 4.69) is 25.7 Å². The average molecular weight is 397 g/mol. The van der Waals surface area contributed by atoms with Crippen molar-refractivity contribution in [3.05, 3.63) is 50.4 Å². The Morgan fingerprint density at radius 2 is 2.04 bits per heavy atom. The number of hydrogen-bond acceptors (Lipinski definition) is 5. The van der Waals surface area contributed by atoms with E-state index in [1.165, 1.54) is 18.4 Å². The fraction of sp³-hybridized carbons (Fsp3) is 0.312. The highest BCUT2D eigenvalue weighted by molar-refractivity contribution is 9.10. The SMILES string of the molecule is COC(=O)c1csc(CN(C(=O)c2ccccc2Br)C(C)C)n1. The van der Waals surface area contributed by atoms with Gasteiger partial charge in [-0.1, -0.05) is 12.1 Å². The van der Waals surface area contributed by atoms with Crippen molar-refractivity contribution in [1.29, 1.82) is 0 Å². The Kier molecular flexibility index (Phi) is 5.90. The molecule has 0 aliphatic rings. The molecule has 0 bridgehead atoms. The highest BCUT2D eigenvalue weighted by atomic mass is 79.9. The van der Waals surface area contributed by atoms with Gasteiger partial charge in [0.05, 0.1) is 19.2 Å². The first-order valence-corrected chi connectivity index (χ1v) is 8.69. The van der Waals surface area contributed by atoms with Crippen molar-refractivity contribution >= 4 is 39.1 Å². The number of amides is 1. The molecule has 7 heteroatoms. The number of carbonyl (C=O) groups excluding carboxylic acids is 2. The molecular formula is C16H17BrN2O3S. The van der Waals surface area contributed by atoms with Crippen molar-refractivity contribution in [3.8, 4) is 0 Å². The molecule has 1 amide bonds. The Labute approximate surface area is 147 Å². The minimum absolute atomic E-state index is 0.0000767. The van der Waals surface area contributed by atoms with Crippen LogP contribution in [-0.2, 0) is 11.3 Å². The fourth-order valence-corrected chi connectivity index (χ4v) is 3.22. The molecule has 0 aliphatic heterocycles. The highest BCUT2D eigenvalue weighted by Gasteiger charge is 2.22. The summed E-state index contributed by atoms with van der Waals surface area (Å²) in [4.78, 5) is 30.2. The molecule has 122 valence electrons. The van der Waals surface area contributed by atoms with Crippen molar-refractivity contribution < 1.29 is 14.3 Å². The number of aromatic nitrogens is 1. The summed E-state index contributed by atoms with van der Waals surface area (Å²) in [5.41, 5.74) is 0.871. The summed E-state index contributed by atoms with van der Waals surface area (Å²) >= 11 is 4.75. The Balaban J connectivity index is 2.22. The molecule has 0 saturated heterocycles. The summed E-state index contributed by atoms with van der Waals surface area (Å²) < 4.78 is 5.41. The number of carbonyl (C=O) groups is 2. The van der Waals surface area contributed by atoms with Gasteiger partial charge in [0.2, 0.25) is 0 Å². The van der Waals surface area contributed by atoms with E-state index in [1.54, 1.807) is 16.3 Å². The van der Waals surface area contributed by atoms with E-state index in [-0.39, 0.29) is 17.6 Å². The van der Waals surface area contributed by atoms with Crippen molar-refractivity contribution in [2.45, 2.75) is 26.4 Å². The standard InChI is InChI=1S/C16H17BrN2O3S/c1-10(2)19(15(20)11-6-4-5-7-12(11)17)8-14-18-13(9-23-14)16(21)22-3/h4-7,9-10H,8H2,1-3H3. The molecule has 2 aromatic rings. The maximum absolute atomic E-state index is 12.8. The third kappa shape index (κ3) is 4.17. The quantitative estimate of drug-likeness (QED) is 0.722. The largest absolute Gasteiger partial charge is 0.464 e. The van der Waals surface area contributed by atoms with Crippen LogP contribution in [0.1, 0.15) is 39.7 Å². The molecule has 2 rings (SSSR count). The molecule has 1 heterocycles. The highest BCUT2D eigenvalue weighted by Crippen LogP contribution is 2.21. The summed E-state index contributed by atoms with van der Waals surface area (Å²) in [6.45, 7) is 4.24. The summed E-state index contributed by atoms with van der Waals surface area (Å²) in [7, 11) is 1.32. The van der Waals surface area contributed by atoms with Gasteiger partial charge in [0.1, 0.15) is 5.01 Å². The molecule has 0 aliphatic carbocycles. The van der Waals surface area contributed by atoms with Crippen LogP contribution in [0.3, 0.4) is 0 Å². The molecule has 0 atom stereocenters. The van der Waals surface area contributed by atoms with E-state index in [1.807, 2.05) is 32.0 Å². The van der Waals surface area contributed by atoms with Gasteiger partial charge in [0, 0.05) is 15.9 Å². The van der Waals surface area contributed by atoms with Gasteiger partial charge in [0.15, 0.2) is 5.69 Å². The first kappa shape index (κ1) is 17.6. The van der Waals surface area contributed by atoms with E-state index in [9.17, 15) is 9.59 Å². The second kappa shape index (κ2) is 7.70. The lowest BCUT2D eigenvalue weighted by Crippen LogP contribution is -2.36. The van der Waals surface area contributed by atoms with Gasteiger partial charge in [-0.25, -0.2) is 9.78 Å². The zero-order valence-corrected chi connectivity index (χ0v) is 15.5. The normalized spacial score (nSPS) is 10.7. The van der Waals surface area contributed by atoms with Crippen LogP contribution in [0, 0.1) is 0 Å². The third-order valence-corrected chi connectivity index (χ3v) is 4.77. The zero-order valence-electron chi connectivity index (χ0n) is 13.1. The number of nitrogens with zero attached hydrogens (tertiary/aromatic N) is 2. The van der Waals surface area contributed by atoms with Crippen LogP contribution >= 0.6 is 27.3 Å². The maximum Gasteiger partial charge on any atom is 0.357 e. The number of hydrogen-bond donors (Lipinski definition) is 0. The second-order valence-corrected chi connectivity index (χ2v) is 6.92. The Hall–Kier alpha value is -1.73. The molecule has 1 aromatic carbocycles. The van der Waals surface area contributed by atoms with Gasteiger partial charge >= 0.3 is 5.97 Å². The zero-order chi connectivity index (χ0) is 17.0. The van der Waals surface area contributed by atoms with E-state index >= 15 is 0 Å². The van der Waals surface area contributed by atoms with Crippen LogP contribution < -0.4 is 0 Å². The van der Waals surface area contributed by atoms with Crippen molar-refractivity contribution in [3.63, 3.8) is 0 Å². The number of rotatable bonds is 5. The van der Waals surface area contributed by atoms with Gasteiger partial charge in [-0.3, -0.25) is 4.79 Å². The van der Waals surface area contributed by atoms with Crippen LogP contribution in [-0.4, -0.2) is 34.9 Å². The van der Waals surface area contributed by atoms with Crippen LogP contribution in [0.25, 0.3) is 0 Å². The molecule has 0 fully saturated rings. The lowest BCUT2D eigenvalue weighted by molar-refractivity contribution is 0.0594. The van der Waals surface area contributed by atoms with E-state index < -0.39 is 5.97 Å². The van der Waals surface area contributed by atoms with E-state index in [4.69, 9.17) is 0 Å². The lowest BCUT2D eigenvalue weighted by atomic mass is 10.1. The third-order valence-electron chi connectivity index (χ3n) is 3.24. The van der Waals surface area contributed by atoms with Gasteiger partial charge < -0.3 is 9.64 Å². The molecule has 0 unspecified atom stereocenters. The first-order valence-electron chi connectivity index (χ1n) is 7.02. The minimum Gasteiger partial charge on any atom is -0.464 e. The number of ether oxygens (including phenoxy) is 1. The number of halogens is 1. The van der Waals surface area contributed by atoms with Gasteiger partial charge in [0.25, 0.3) is 5.91 Å². The summed E-state index contributed by atoms with van der Waals surface area (Å²) in [6.07, 6.45) is 0. The van der Waals surface area contributed by atoms with Crippen LogP contribution in [0.4, 0.5) is 0 Å². The second-order valence-electron chi connectivity index (χ2n) is 5.12. The minimum atomic E-state index is -0.472. The lowest BCUT2D eigenvalue weighted by Gasteiger charge is -2.26. The van der Waals surface area contributed by atoms with Gasteiger partial charge in [-0.05, 0) is 41.9 Å². The van der Waals surface area contributed by atoms with E-state index in [0.29, 0.717) is 17.1 Å². The van der Waals surface area contributed by atoms with Gasteiger partial charge in [-0.2, -0.15) is 0 Å². The predicted octanol–water partition coefficient (Wildman–Crippen LogP) is 3.74. The van der Waals surface area contributed by atoms with Crippen LogP contribution in [0.15, 0.2) is 34.1 Å². The Morgan fingerprint density at radius 1 is 1.35 bits per heavy atom. The Bertz CT molecular complexity index is 715. The molecule has 23 heavy (non-hydrogen) atoms. The molecule has 0 spiro atoms. The smallest absolute Gasteiger partial charge is 0.357 e. The number of esters is 1. The molecule has 0 N–H and O–H groups in total. The summed E-state index contributed by atoms with van der Waals surface area (Å²) in [5, 5.41) is 2.34. The number of methoxy groups -OCH3 is 1. The summed E-state index contributed by atoms with van der Waals surface area (Å²) in [6, 6.07) is 7.31. The molecule has 0 saturated carbocycles. The molecule has 1 aromatic heterocycles. The summed E-state index contributed by atoms with van der Waals surface area (Å²) in [5.74, 6) is -0.553. The fourth-order valence-electron chi connectivity index (χ4n) is 2.01. The first-order chi connectivity index (χ1) is 10.9. The maximum atomic E-state index is 12.8. The predicted molar refractivity (Wildman–Crippen MR) is 92.6 cm³/mol. The van der Waals surface area contributed by atoms with Crippen LogP contribution in [0.5, 0.6) is 0 Å². The van der Waals surface area contributed by atoms with Crippen molar-refractivity contribution in [2.75, 3.05) is 7.11 Å². The average Bonchev–Trinajstić information content (AvgIpc) is 3.00. The molecule has 0 radical (unpaired) electrons. The molecular weight excluding hydrogens is 380 g/mol. The molecule has 5 nitrogen and oxygen atoms in total. The Morgan fingerprint density at radius 3 is 2.65 bits per heavy atom. The van der Waals surface area contributed by atoms with Gasteiger partial charge in [-0.15, -0.1) is 11.3 Å². The van der Waals surface area contributed by atoms with Crippen molar-refractivity contribution in [1.82, 2.24) is 9.88 Å².